The van der Waals surface area contributed by atoms with Crippen molar-refractivity contribution in [1.29, 1.82) is 0 Å². The standard InChI is InChI=1S/C18H22N6S/c1-13-6-9-25-16(13)12-23-18(19-3)22-11-15-4-5-17(21-10-15)24-8-7-20-14(24)2/h4-10H,11-12H2,1-3H3,(H2,19,22,23). The first-order valence-electron chi connectivity index (χ1n) is 8.10. The molecule has 0 unspecified atom stereocenters. The molecule has 0 aliphatic rings. The summed E-state index contributed by atoms with van der Waals surface area (Å²) < 4.78 is 1.96. The molecule has 130 valence electrons. The molecule has 0 saturated heterocycles. The molecule has 6 nitrogen and oxygen atoms in total. The predicted octanol–water partition coefficient (Wildman–Crippen LogP) is 2.81. The number of rotatable bonds is 5. The number of aryl methyl sites for hydroxylation is 2. The number of guanidine groups is 1. The Balaban J connectivity index is 1.55. The van der Waals surface area contributed by atoms with Crippen LogP contribution in [0.5, 0.6) is 0 Å². The Kier molecular flexibility index (Phi) is 5.45. The molecule has 0 aliphatic carbocycles. The van der Waals surface area contributed by atoms with Crippen LogP contribution in [-0.2, 0) is 13.1 Å². The molecule has 0 bridgehead atoms. The van der Waals surface area contributed by atoms with Gasteiger partial charge in [-0.2, -0.15) is 0 Å². The molecule has 0 radical (unpaired) electrons. The van der Waals surface area contributed by atoms with Crippen molar-refractivity contribution in [2.75, 3.05) is 7.05 Å². The number of aromatic nitrogens is 3. The molecule has 0 fully saturated rings. The maximum absolute atomic E-state index is 4.51. The highest BCUT2D eigenvalue weighted by atomic mass is 32.1. The molecule has 3 rings (SSSR count). The Labute approximate surface area is 151 Å². The molecule has 7 heteroatoms. The SMILES string of the molecule is CN=C(NCc1ccc(-n2ccnc2C)nc1)NCc1sccc1C. The lowest BCUT2D eigenvalue weighted by atomic mass is 10.3. The largest absolute Gasteiger partial charge is 0.352 e. The van der Waals surface area contributed by atoms with Gasteiger partial charge in [-0.25, -0.2) is 9.97 Å². The van der Waals surface area contributed by atoms with Crippen LogP contribution >= 0.6 is 11.3 Å². The first-order valence-corrected chi connectivity index (χ1v) is 8.98. The van der Waals surface area contributed by atoms with Crippen molar-refractivity contribution in [2.24, 2.45) is 4.99 Å². The summed E-state index contributed by atoms with van der Waals surface area (Å²) in [5.41, 5.74) is 2.40. The van der Waals surface area contributed by atoms with Crippen LogP contribution in [0.15, 0.2) is 47.2 Å². The normalized spacial score (nSPS) is 11.6. The summed E-state index contributed by atoms with van der Waals surface area (Å²) in [7, 11) is 1.78. The minimum Gasteiger partial charge on any atom is -0.352 e. The van der Waals surface area contributed by atoms with E-state index in [0.29, 0.717) is 6.54 Å². The molecular formula is C18H22N6S. The number of imidazole rings is 1. The molecule has 0 spiro atoms. The molecule has 0 aliphatic heterocycles. The van der Waals surface area contributed by atoms with Gasteiger partial charge in [0.1, 0.15) is 11.6 Å². The predicted molar refractivity (Wildman–Crippen MR) is 102 cm³/mol. The molecule has 0 amide bonds. The molecule has 0 aromatic carbocycles. The zero-order chi connectivity index (χ0) is 17.6. The molecule has 0 saturated carbocycles. The van der Waals surface area contributed by atoms with Gasteiger partial charge >= 0.3 is 0 Å². The van der Waals surface area contributed by atoms with E-state index < -0.39 is 0 Å². The van der Waals surface area contributed by atoms with E-state index in [-0.39, 0.29) is 0 Å². The average Bonchev–Trinajstić information content (AvgIpc) is 3.24. The minimum atomic E-state index is 0.666. The van der Waals surface area contributed by atoms with Crippen LogP contribution in [0.4, 0.5) is 0 Å². The van der Waals surface area contributed by atoms with Crippen molar-refractivity contribution in [3.8, 4) is 5.82 Å². The molecule has 3 aromatic rings. The fraction of sp³-hybridized carbons (Fsp3) is 0.278. The van der Waals surface area contributed by atoms with Gasteiger partial charge < -0.3 is 10.6 Å². The Morgan fingerprint density at radius 3 is 2.60 bits per heavy atom. The number of hydrogen-bond donors (Lipinski definition) is 2. The van der Waals surface area contributed by atoms with Gasteiger partial charge in [0.2, 0.25) is 0 Å². The second kappa shape index (κ2) is 7.94. The number of nitrogens with one attached hydrogen (secondary N) is 2. The highest BCUT2D eigenvalue weighted by Gasteiger charge is 2.04. The summed E-state index contributed by atoms with van der Waals surface area (Å²) in [5.74, 6) is 2.57. The van der Waals surface area contributed by atoms with Crippen LogP contribution in [0.1, 0.15) is 21.8 Å². The van der Waals surface area contributed by atoms with Crippen molar-refractivity contribution in [1.82, 2.24) is 25.2 Å². The summed E-state index contributed by atoms with van der Waals surface area (Å²) >= 11 is 1.76. The van der Waals surface area contributed by atoms with E-state index in [1.54, 1.807) is 24.6 Å². The molecule has 0 atom stereocenters. The summed E-state index contributed by atoms with van der Waals surface area (Å²) in [6.45, 7) is 5.53. The van der Waals surface area contributed by atoms with Crippen LogP contribution in [0.2, 0.25) is 0 Å². The Morgan fingerprint density at radius 1 is 1.16 bits per heavy atom. The highest BCUT2D eigenvalue weighted by molar-refractivity contribution is 7.10. The maximum atomic E-state index is 4.51. The van der Waals surface area contributed by atoms with E-state index in [4.69, 9.17) is 0 Å². The third-order valence-electron chi connectivity index (χ3n) is 3.95. The summed E-state index contributed by atoms with van der Waals surface area (Å²) in [5, 5.41) is 8.77. The zero-order valence-electron chi connectivity index (χ0n) is 14.7. The zero-order valence-corrected chi connectivity index (χ0v) is 15.5. The van der Waals surface area contributed by atoms with Crippen molar-refractivity contribution in [3.63, 3.8) is 0 Å². The lowest BCUT2D eigenvalue weighted by Crippen LogP contribution is -2.36. The topological polar surface area (TPSA) is 67.1 Å². The van der Waals surface area contributed by atoms with Gasteiger partial charge in [0.25, 0.3) is 0 Å². The maximum Gasteiger partial charge on any atom is 0.191 e. The molecular weight excluding hydrogens is 332 g/mol. The van der Waals surface area contributed by atoms with Crippen LogP contribution in [0.3, 0.4) is 0 Å². The van der Waals surface area contributed by atoms with E-state index in [1.165, 1.54) is 10.4 Å². The second-order valence-corrected chi connectivity index (χ2v) is 6.68. The molecule has 25 heavy (non-hydrogen) atoms. The Bertz CT molecular complexity index is 847. The summed E-state index contributed by atoms with van der Waals surface area (Å²) in [6.07, 6.45) is 5.56. The highest BCUT2D eigenvalue weighted by Crippen LogP contribution is 2.14. The lowest BCUT2D eigenvalue weighted by molar-refractivity contribution is 0.809. The molecule has 3 aromatic heterocycles. The van der Waals surface area contributed by atoms with E-state index in [2.05, 4.69) is 50.0 Å². The van der Waals surface area contributed by atoms with Crippen LogP contribution in [0, 0.1) is 13.8 Å². The third-order valence-corrected chi connectivity index (χ3v) is 4.97. The van der Waals surface area contributed by atoms with Crippen molar-refractivity contribution < 1.29 is 0 Å². The summed E-state index contributed by atoms with van der Waals surface area (Å²) in [4.78, 5) is 14.3. The van der Waals surface area contributed by atoms with Gasteiger partial charge in [0, 0.05) is 37.1 Å². The van der Waals surface area contributed by atoms with Crippen LogP contribution < -0.4 is 10.6 Å². The first-order chi connectivity index (χ1) is 12.2. The number of hydrogen-bond acceptors (Lipinski definition) is 4. The number of aliphatic imine (C=N–C) groups is 1. The fourth-order valence-electron chi connectivity index (χ4n) is 2.44. The van der Waals surface area contributed by atoms with Gasteiger partial charge in [-0.05, 0) is 42.5 Å². The first kappa shape index (κ1) is 17.2. The average molecular weight is 354 g/mol. The number of pyridine rings is 1. The third kappa shape index (κ3) is 4.24. The van der Waals surface area contributed by atoms with Crippen molar-refractivity contribution in [3.05, 3.63) is 64.0 Å². The molecule has 3 heterocycles. The smallest absolute Gasteiger partial charge is 0.191 e. The Morgan fingerprint density at radius 2 is 2.00 bits per heavy atom. The Hall–Kier alpha value is -2.67. The van der Waals surface area contributed by atoms with Crippen LogP contribution in [-0.4, -0.2) is 27.5 Å². The van der Waals surface area contributed by atoms with Gasteiger partial charge in [-0.1, -0.05) is 6.07 Å². The van der Waals surface area contributed by atoms with Gasteiger partial charge in [0.05, 0.1) is 6.54 Å². The van der Waals surface area contributed by atoms with Crippen molar-refractivity contribution >= 4 is 17.3 Å². The van der Waals surface area contributed by atoms with E-state index in [0.717, 1.165) is 29.7 Å². The fourth-order valence-corrected chi connectivity index (χ4v) is 3.29. The second-order valence-electron chi connectivity index (χ2n) is 5.68. The molecule has 2 N–H and O–H groups in total. The van der Waals surface area contributed by atoms with Gasteiger partial charge in [-0.15, -0.1) is 11.3 Å². The van der Waals surface area contributed by atoms with E-state index in [9.17, 15) is 0 Å². The van der Waals surface area contributed by atoms with Gasteiger partial charge in [-0.3, -0.25) is 9.56 Å². The monoisotopic (exact) mass is 354 g/mol. The minimum absolute atomic E-state index is 0.666. The number of nitrogens with zero attached hydrogens (tertiary/aromatic N) is 4. The summed E-state index contributed by atoms with van der Waals surface area (Å²) in [6, 6.07) is 6.19. The van der Waals surface area contributed by atoms with E-state index >= 15 is 0 Å². The van der Waals surface area contributed by atoms with E-state index in [1.807, 2.05) is 30.0 Å². The quantitative estimate of drug-likeness (QED) is 0.546. The number of thiophene rings is 1. The van der Waals surface area contributed by atoms with Crippen molar-refractivity contribution in [2.45, 2.75) is 26.9 Å². The lowest BCUT2D eigenvalue weighted by Gasteiger charge is -2.12. The van der Waals surface area contributed by atoms with Crippen LogP contribution in [0.25, 0.3) is 5.82 Å². The van der Waals surface area contributed by atoms with Gasteiger partial charge in [0.15, 0.2) is 5.96 Å².